The Kier molecular flexibility index (Phi) is 13.3. The van der Waals surface area contributed by atoms with E-state index in [2.05, 4.69) is 142 Å². The van der Waals surface area contributed by atoms with E-state index in [-0.39, 0.29) is 38.5 Å². The summed E-state index contributed by atoms with van der Waals surface area (Å²) in [5.41, 5.74) is 0. The van der Waals surface area contributed by atoms with E-state index in [4.69, 9.17) is 27.2 Å². The minimum Gasteiger partial charge on any atom is -0.414 e. The Labute approximate surface area is 271 Å². The third kappa shape index (κ3) is 10.4. The summed E-state index contributed by atoms with van der Waals surface area (Å²) in [6, 6.07) is 0. The van der Waals surface area contributed by atoms with Crippen LogP contribution in [0.2, 0.25) is 72.5 Å². The van der Waals surface area contributed by atoms with Gasteiger partial charge in [0.15, 0.2) is 39.6 Å². The van der Waals surface area contributed by atoms with Crippen molar-refractivity contribution >= 4 is 33.3 Å². The Hall–Kier alpha value is 0.368. The van der Waals surface area contributed by atoms with Gasteiger partial charge in [0.25, 0.3) is 0 Å². The van der Waals surface area contributed by atoms with Crippen LogP contribution in [0.15, 0.2) is 12.7 Å². The van der Waals surface area contributed by atoms with E-state index in [0.717, 1.165) is 0 Å². The van der Waals surface area contributed by atoms with Crippen molar-refractivity contribution in [3.63, 3.8) is 0 Å². The highest BCUT2D eigenvalue weighted by Gasteiger charge is 2.57. The molecule has 1 heterocycles. The average Bonchev–Trinajstić information content (AvgIpc) is 2.76. The van der Waals surface area contributed by atoms with E-state index >= 15 is 0 Å². The van der Waals surface area contributed by atoms with Crippen molar-refractivity contribution in [1.29, 1.82) is 0 Å². The molecule has 1 aliphatic rings. The fourth-order valence-corrected chi connectivity index (χ4v) is 8.68. The first-order chi connectivity index (χ1) is 18.8. The topological polar surface area (TPSA) is 55.4 Å². The predicted octanol–water partition coefficient (Wildman–Crippen LogP) is 10.1. The number of hydrogen-bond acceptors (Lipinski definition) is 6. The second-order valence-corrected chi connectivity index (χ2v) is 37.8. The highest BCUT2D eigenvalue weighted by atomic mass is 28.4. The fourth-order valence-electron chi connectivity index (χ4n) is 3.77. The molecule has 256 valence electrons. The maximum atomic E-state index is 7.43. The number of rotatable bonds is 12. The van der Waals surface area contributed by atoms with Crippen molar-refractivity contribution in [2.24, 2.45) is 0 Å². The average molecular weight is 677 g/mol. The summed E-state index contributed by atoms with van der Waals surface area (Å²) in [4.78, 5) is 0. The van der Waals surface area contributed by atoms with Crippen LogP contribution in [0.3, 0.4) is 0 Å². The monoisotopic (exact) mass is 676 g/mol. The Morgan fingerprint density at radius 3 is 1.26 bits per heavy atom. The van der Waals surface area contributed by atoms with Crippen LogP contribution in [0, 0.1) is 0 Å². The van der Waals surface area contributed by atoms with Gasteiger partial charge in [-0.2, -0.15) is 0 Å². The molecule has 0 aromatic heterocycles. The molecule has 1 saturated heterocycles. The summed E-state index contributed by atoms with van der Waals surface area (Å²) < 4.78 is 42.2. The summed E-state index contributed by atoms with van der Waals surface area (Å²) in [6.45, 7) is 50.5. The van der Waals surface area contributed by atoms with Gasteiger partial charge in [-0.25, -0.2) is 0 Å². The van der Waals surface area contributed by atoms with Crippen molar-refractivity contribution < 1.29 is 27.2 Å². The molecule has 0 bridgehead atoms. The zero-order valence-corrected chi connectivity index (χ0v) is 36.0. The van der Waals surface area contributed by atoms with Crippen molar-refractivity contribution in [1.82, 2.24) is 0 Å². The van der Waals surface area contributed by atoms with Gasteiger partial charge >= 0.3 is 0 Å². The normalized spacial score (nSPS) is 25.6. The lowest BCUT2D eigenvalue weighted by Gasteiger charge is -2.54. The summed E-state index contributed by atoms with van der Waals surface area (Å²) in [5, 5.41) is 0.0705. The molecular formula is C33H72O6Si4. The van der Waals surface area contributed by atoms with E-state index < -0.39 is 45.7 Å². The molecule has 0 N–H and O–H groups in total. The predicted molar refractivity (Wildman–Crippen MR) is 194 cm³/mol. The van der Waals surface area contributed by atoms with Crippen LogP contribution < -0.4 is 0 Å². The van der Waals surface area contributed by atoms with Gasteiger partial charge in [-0.05, 0) is 72.5 Å². The zero-order chi connectivity index (χ0) is 34.3. The lowest BCUT2D eigenvalue weighted by molar-refractivity contribution is -0.288. The SMILES string of the molecule is C=CCO[C@H]1O[C@H](CO[Si](C)(C)C(C)(C)C)[C@H](O[Si](C)(C)C(C)(C)C)[C@H](O[Si](C)(C)C(C)(C)C)[C@H]1O[Si](C)(C)C(C)(C)C. The largest absolute Gasteiger partial charge is 0.414 e. The van der Waals surface area contributed by atoms with Gasteiger partial charge < -0.3 is 27.2 Å². The Morgan fingerprint density at radius 1 is 0.558 bits per heavy atom. The van der Waals surface area contributed by atoms with E-state index in [1.165, 1.54) is 0 Å². The molecule has 1 fully saturated rings. The lowest BCUT2D eigenvalue weighted by atomic mass is 9.99. The van der Waals surface area contributed by atoms with E-state index in [0.29, 0.717) is 13.2 Å². The molecule has 1 rings (SSSR count). The van der Waals surface area contributed by atoms with Gasteiger partial charge in [-0.3, -0.25) is 0 Å². The summed E-state index contributed by atoms with van der Waals surface area (Å²) in [6.07, 6.45) is -0.413. The molecule has 10 heteroatoms. The Bertz CT molecular complexity index is 906. The van der Waals surface area contributed by atoms with Crippen LogP contribution in [-0.4, -0.2) is 77.2 Å². The molecule has 0 unspecified atom stereocenters. The maximum absolute atomic E-state index is 7.43. The highest BCUT2D eigenvalue weighted by Crippen LogP contribution is 2.46. The van der Waals surface area contributed by atoms with Gasteiger partial charge in [-0.1, -0.05) is 89.2 Å². The summed E-state index contributed by atoms with van der Waals surface area (Å²) in [5.74, 6) is 0. The maximum Gasteiger partial charge on any atom is 0.192 e. The number of hydrogen-bond donors (Lipinski definition) is 0. The quantitative estimate of drug-likeness (QED) is 0.151. The Morgan fingerprint density at radius 2 is 0.907 bits per heavy atom. The summed E-state index contributed by atoms with van der Waals surface area (Å²) >= 11 is 0. The lowest BCUT2D eigenvalue weighted by Crippen LogP contribution is -2.68. The molecule has 0 aliphatic carbocycles. The van der Waals surface area contributed by atoms with E-state index in [1.54, 1.807) is 6.08 Å². The van der Waals surface area contributed by atoms with Crippen LogP contribution in [0.1, 0.15) is 83.1 Å². The number of ether oxygens (including phenoxy) is 2. The van der Waals surface area contributed by atoms with E-state index in [9.17, 15) is 0 Å². The molecular weight excluding hydrogens is 605 g/mol. The van der Waals surface area contributed by atoms with Crippen molar-refractivity contribution in [2.45, 2.75) is 186 Å². The molecule has 1 aliphatic heterocycles. The molecule has 0 spiro atoms. The first-order valence-electron chi connectivity index (χ1n) is 16.4. The van der Waals surface area contributed by atoms with Gasteiger partial charge in [0.05, 0.1) is 13.2 Å². The third-order valence-electron chi connectivity index (χ3n) is 11.1. The molecule has 0 aromatic rings. The molecule has 0 saturated carbocycles. The smallest absolute Gasteiger partial charge is 0.192 e. The molecule has 0 aromatic carbocycles. The van der Waals surface area contributed by atoms with Gasteiger partial charge in [0, 0.05) is 0 Å². The van der Waals surface area contributed by atoms with Crippen molar-refractivity contribution in [3.8, 4) is 0 Å². The second kappa shape index (κ2) is 13.8. The van der Waals surface area contributed by atoms with Gasteiger partial charge in [0.1, 0.15) is 24.4 Å². The minimum atomic E-state index is -2.29. The third-order valence-corrected chi connectivity index (χ3v) is 29.0. The van der Waals surface area contributed by atoms with Crippen LogP contribution in [0.25, 0.3) is 0 Å². The molecule has 0 radical (unpaired) electrons. The molecule has 0 amide bonds. The fraction of sp³-hybridized carbons (Fsp3) is 0.939. The van der Waals surface area contributed by atoms with Crippen LogP contribution in [0.5, 0.6) is 0 Å². The molecule has 6 nitrogen and oxygen atoms in total. The van der Waals surface area contributed by atoms with Gasteiger partial charge in [-0.15, -0.1) is 6.58 Å². The van der Waals surface area contributed by atoms with Crippen LogP contribution in [-0.2, 0) is 27.2 Å². The zero-order valence-electron chi connectivity index (χ0n) is 32.0. The van der Waals surface area contributed by atoms with Crippen LogP contribution in [0.4, 0.5) is 0 Å². The first-order valence-corrected chi connectivity index (χ1v) is 28.0. The second-order valence-electron chi connectivity index (χ2n) is 18.8. The minimum absolute atomic E-state index is 0.00103. The highest BCUT2D eigenvalue weighted by molar-refractivity contribution is 6.75. The first kappa shape index (κ1) is 41.4. The standard InChI is InChI=1S/C33H72O6Si4/c1-22-23-34-29-28(39-43(20,21)33(11,12)13)27(38-42(18,19)32(8,9)10)26(37-41(16,17)31(5,6)7)25(36-29)24-35-40(14,15)30(2,3)4/h22,25-29H,1,23-24H2,2-21H3/t25-,26+,27+,28-,29+/m1/s1. The molecule has 5 atom stereocenters. The summed E-state index contributed by atoms with van der Waals surface area (Å²) in [7, 11) is -8.92. The van der Waals surface area contributed by atoms with Crippen molar-refractivity contribution in [2.75, 3.05) is 13.2 Å². The molecule has 43 heavy (non-hydrogen) atoms. The van der Waals surface area contributed by atoms with Gasteiger partial charge in [0.2, 0.25) is 0 Å². The van der Waals surface area contributed by atoms with E-state index in [1.807, 2.05) is 0 Å². The van der Waals surface area contributed by atoms with Crippen molar-refractivity contribution in [3.05, 3.63) is 12.7 Å². The van der Waals surface area contributed by atoms with Crippen LogP contribution >= 0.6 is 0 Å². The Balaban J connectivity index is 3.93.